The second kappa shape index (κ2) is 8.54. The number of nitrogens with one attached hydrogen (secondary N) is 2. The molecule has 0 bridgehead atoms. The van der Waals surface area contributed by atoms with Gasteiger partial charge in [-0.15, -0.1) is 0 Å². The molecular weight excluding hydrogens is 398 g/mol. The van der Waals surface area contributed by atoms with Crippen molar-refractivity contribution in [3.05, 3.63) is 76.1 Å². The van der Waals surface area contributed by atoms with Crippen LogP contribution in [0.3, 0.4) is 0 Å². The number of hydrogen-bond donors (Lipinski definition) is 2. The molecule has 152 valence electrons. The Hall–Kier alpha value is -3.39. The molecule has 2 N–H and O–H groups in total. The van der Waals surface area contributed by atoms with Gasteiger partial charge in [0.05, 0.1) is 5.75 Å². The van der Waals surface area contributed by atoms with Crippen LogP contribution >= 0.6 is 11.8 Å². The molecule has 0 atom stereocenters. The number of aromatic nitrogens is 4. The fourth-order valence-corrected chi connectivity index (χ4v) is 3.87. The van der Waals surface area contributed by atoms with E-state index in [9.17, 15) is 9.59 Å². The number of hydrogen-bond acceptors (Lipinski definition) is 5. The molecule has 30 heavy (non-hydrogen) atoms. The normalized spacial score (nSPS) is 11.0. The van der Waals surface area contributed by atoms with E-state index in [1.165, 1.54) is 22.3 Å². The molecule has 0 saturated carbocycles. The van der Waals surface area contributed by atoms with Crippen molar-refractivity contribution >= 4 is 29.0 Å². The molecule has 4 rings (SSSR count). The standard InChI is InChI=1S/C22H21N5O2S/c1-3-15-8-6-9-16(11-15)23-20(29)13-30-22-25-21(17-10-5-4-7-14(17)2)24-18-12-19(28)26-27(18)22/h4-12H,3,13H2,1-2H3,(H,23,29)(H,26,28). The van der Waals surface area contributed by atoms with E-state index < -0.39 is 0 Å². The van der Waals surface area contributed by atoms with Gasteiger partial charge >= 0.3 is 0 Å². The number of aryl methyl sites for hydroxylation is 2. The van der Waals surface area contributed by atoms with Crippen molar-refractivity contribution in [2.75, 3.05) is 11.1 Å². The van der Waals surface area contributed by atoms with E-state index >= 15 is 0 Å². The molecular formula is C22H21N5O2S. The third-order valence-electron chi connectivity index (χ3n) is 4.66. The van der Waals surface area contributed by atoms with Gasteiger partial charge < -0.3 is 5.32 Å². The van der Waals surface area contributed by atoms with Crippen molar-refractivity contribution in [2.45, 2.75) is 25.4 Å². The molecule has 0 fully saturated rings. The number of carbonyl (C=O) groups is 1. The Morgan fingerprint density at radius 2 is 1.97 bits per heavy atom. The van der Waals surface area contributed by atoms with Gasteiger partial charge in [-0.05, 0) is 36.6 Å². The summed E-state index contributed by atoms with van der Waals surface area (Å²) in [6.07, 6.45) is 0.903. The van der Waals surface area contributed by atoms with Crippen molar-refractivity contribution in [3.8, 4) is 11.4 Å². The predicted octanol–water partition coefficient (Wildman–Crippen LogP) is 3.69. The molecule has 4 aromatic rings. The highest BCUT2D eigenvalue weighted by Gasteiger charge is 2.14. The van der Waals surface area contributed by atoms with Crippen molar-refractivity contribution < 1.29 is 4.79 Å². The number of fused-ring (bicyclic) bond motifs is 1. The van der Waals surface area contributed by atoms with Crippen molar-refractivity contribution in [3.63, 3.8) is 0 Å². The third kappa shape index (κ3) is 4.28. The number of carbonyl (C=O) groups excluding carboxylic acids is 1. The Balaban J connectivity index is 1.59. The summed E-state index contributed by atoms with van der Waals surface area (Å²) in [6, 6.07) is 17.0. The van der Waals surface area contributed by atoms with Crippen LogP contribution in [-0.4, -0.2) is 31.2 Å². The number of anilines is 1. The molecule has 0 unspecified atom stereocenters. The first kappa shape index (κ1) is 19.9. The minimum atomic E-state index is -0.270. The second-order valence-electron chi connectivity index (χ2n) is 6.85. The maximum Gasteiger partial charge on any atom is 0.266 e. The van der Waals surface area contributed by atoms with Gasteiger partial charge in [-0.3, -0.25) is 14.7 Å². The van der Waals surface area contributed by atoms with Crippen LogP contribution in [0.1, 0.15) is 18.1 Å². The zero-order valence-corrected chi connectivity index (χ0v) is 17.5. The lowest BCUT2D eigenvalue weighted by Crippen LogP contribution is -2.15. The maximum atomic E-state index is 12.5. The molecule has 7 nitrogen and oxygen atoms in total. The Labute approximate surface area is 177 Å². The van der Waals surface area contributed by atoms with E-state index in [2.05, 4.69) is 27.3 Å². The van der Waals surface area contributed by atoms with Crippen LogP contribution in [-0.2, 0) is 11.2 Å². The largest absolute Gasteiger partial charge is 0.325 e. The van der Waals surface area contributed by atoms with E-state index in [4.69, 9.17) is 0 Å². The fraction of sp³-hybridized carbons (Fsp3) is 0.182. The molecule has 0 saturated heterocycles. The summed E-state index contributed by atoms with van der Waals surface area (Å²) in [5.74, 6) is 0.521. The van der Waals surface area contributed by atoms with E-state index in [0.717, 1.165) is 28.8 Å². The Bertz CT molecular complexity index is 1280. The highest BCUT2D eigenvalue weighted by molar-refractivity contribution is 7.99. The number of benzene rings is 2. The minimum absolute atomic E-state index is 0.146. The number of nitrogens with zero attached hydrogens (tertiary/aromatic N) is 3. The van der Waals surface area contributed by atoms with Crippen LogP contribution in [0.5, 0.6) is 0 Å². The van der Waals surface area contributed by atoms with Crippen LogP contribution in [0.15, 0.2) is 64.5 Å². The summed E-state index contributed by atoms with van der Waals surface area (Å²) in [5, 5.41) is 6.10. The summed E-state index contributed by atoms with van der Waals surface area (Å²) < 4.78 is 1.51. The number of aromatic amines is 1. The van der Waals surface area contributed by atoms with E-state index in [1.807, 2.05) is 55.5 Å². The summed E-state index contributed by atoms with van der Waals surface area (Å²) in [4.78, 5) is 33.5. The lowest BCUT2D eigenvalue weighted by atomic mass is 10.1. The lowest BCUT2D eigenvalue weighted by Gasteiger charge is -2.09. The maximum absolute atomic E-state index is 12.5. The topological polar surface area (TPSA) is 92.2 Å². The van der Waals surface area contributed by atoms with Gasteiger partial charge in [0, 0.05) is 17.3 Å². The van der Waals surface area contributed by atoms with Gasteiger partial charge in [-0.1, -0.05) is 55.1 Å². The SMILES string of the molecule is CCc1cccc(NC(=O)CSc2nc(-c3ccccc3C)nc3cc(=O)[nH]n23)c1. The van der Waals surface area contributed by atoms with Gasteiger partial charge in [-0.25, -0.2) is 14.5 Å². The summed E-state index contributed by atoms with van der Waals surface area (Å²) in [6.45, 7) is 4.05. The molecule has 0 aliphatic carbocycles. The van der Waals surface area contributed by atoms with Crippen LogP contribution in [0.4, 0.5) is 5.69 Å². The van der Waals surface area contributed by atoms with E-state index in [-0.39, 0.29) is 17.2 Å². The Morgan fingerprint density at radius 3 is 2.77 bits per heavy atom. The van der Waals surface area contributed by atoms with Crippen LogP contribution in [0.2, 0.25) is 0 Å². The van der Waals surface area contributed by atoms with Crippen LogP contribution in [0.25, 0.3) is 17.0 Å². The fourth-order valence-electron chi connectivity index (χ4n) is 3.12. The van der Waals surface area contributed by atoms with Gasteiger partial charge in [0.1, 0.15) is 0 Å². The number of amides is 1. The molecule has 0 radical (unpaired) electrons. The van der Waals surface area contributed by atoms with Gasteiger partial charge in [0.15, 0.2) is 16.6 Å². The quantitative estimate of drug-likeness (QED) is 0.465. The molecule has 8 heteroatoms. The molecule has 1 amide bonds. The Morgan fingerprint density at radius 1 is 1.13 bits per heavy atom. The molecule has 0 aliphatic rings. The third-order valence-corrected chi connectivity index (χ3v) is 5.60. The average molecular weight is 420 g/mol. The molecule has 2 aromatic heterocycles. The van der Waals surface area contributed by atoms with Gasteiger partial charge in [-0.2, -0.15) is 0 Å². The van der Waals surface area contributed by atoms with E-state index in [0.29, 0.717) is 16.6 Å². The monoisotopic (exact) mass is 419 g/mol. The number of H-pyrrole nitrogens is 1. The molecule has 0 aliphatic heterocycles. The summed E-state index contributed by atoms with van der Waals surface area (Å²) in [7, 11) is 0. The van der Waals surface area contributed by atoms with Gasteiger partial charge in [0.25, 0.3) is 5.56 Å². The van der Waals surface area contributed by atoms with E-state index in [1.54, 1.807) is 0 Å². The van der Waals surface area contributed by atoms with Crippen molar-refractivity contribution in [1.82, 2.24) is 19.6 Å². The zero-order valence-electron chi connectivity index (χ0n) is 16.7. The zero-order chi connectivity index (χ0) is 21.1. The molecule has 0 spiro atoms. The van der Waals surface area contributed by atoms with Crippen molar-refractivity contribution in [2.24, 2.45) is 0 Å². The smallest absolute Gasteiger partial charge is 0.266 e. The van der Waals surface area contributed by atoms with Crippen LogP contribution in [0, 0.1) is 6.92 Å². The first-order valence-electron chi connectivity index (χ1n) is 9.61. The predicted molar refractivity (Wildman–Crippen MR) is 119 cm³/mol. The highest BCUT2D eigenvalue weighted by Crippen LogP contribution is 2.24. The second-order valence-corrected chi connectivity index (χ2v) is 7.79. The number of rotatable bonds is 6. The van der Waals surface area contributed by atoms with Crippen LogP contribution < -0.4 is 10.9 Å². The first-order chi connectivity index (χ1) is 14.5. The first-order valence-corrected chi connectivity index (χ1v) is 10.6. The van der Waals surface area contributed by atoms with Gasteiger partial charge in [0.2, 0.25) is 5.91 Å². The van der Waals surface area contributed by atoms with Crippen molar-refractivity contribution in [1.29, 1.82) is 0 Å². The summed E-state index contributed by atoms with van der Waals surface area (Å²) in [5.41, 5.74) is 4.04. The summed E-state index contributed by atoms with van der Waals surface area (Å²) >= 11 is 1.24. The molecule has 2 aromatic carbocycles. The Kier molecular flexibility index (Phi) is 5.67. The highest BCUT2D eigenvalue weighted by atomic mass is 32.2. The minimum Gasteiger partial charge on any atom is -0.325 e. The molecule has 2 heterocycles. The number of thioether (sulfide) groups is 1. The lowest BCUT2D eigenvalue weighted by molar-refractivity contribution is -0.113. The average Bonchev–Trinajstić information content (AvgIpc) is 3.12.